The maximum Gasteiger partial charge on any atom is 0.324 e. The third-order valence-electron chi connectivity index (χ3n) is 0.906. The van der Waals surface area contributed by atoms with E-state index < -0.39 is 6.72 Å². The van der Waals surface area contributed by atoms with Gasteiger partial charge in [-0.3, -0.25) is 4.57 Å². The SMILES string of the molecule is C=CCNP(=O)(O)SCCC. The van der Waals surface area contributed by atoms with Gasteiger partial charge in [0.15, 0.2) is 0 Å². The average molecular weight is 195 g/mol. The molecule has 1 atom stereocenters. The maximum atomic E-state index is 11.1. The number of hydrogen-bond donors (Lipinski definition) is 2. The summed E-state index contributed by atoms with van der Waals surface area (Å²) in [6.07, 6.45) is 2.47. The highest BCUT2D eigenvalue weighted by molar-refractivity contribution is 8.55. The lowest BCUT2D eigenvalue weighted by Gasteiger charge is -2.09. The van der Waals surface area contributed by atoms with E-state index in [9.17, 15) is 4.57 Å². The molecule has 0 aliphatic rings. The van der Waals surface area contributed by atoms with E-state index in [-0.39, 0.29) is 0 Å². The zero-order chi connectivity index (χ0) is 8.74. The van der Waals surface area contributed by atoms with Gasteiger partial charge in [-0.05, 0) is 6.42 Å². The smallest absolute Gasteiger partial charge is 0.324 e. The number of hydrogen-bond acceptors (Lipinski definition) is 2. The second-order valence-electron chi connectivity index (χ2n) is 2.00. The van der Waals surface area contributed by atoms with Crippen molar-refractivity contribution in [2.24, 2.45) is 0 Å². The summed E-state index contributed by atoms with van der Waals surface area (Å²) >= 11 is 1.07. The van der Waals surface area contributed by atoms with Crippen LogP contribution in [0.5, 0.6) is 0 Å². The van der Waals surface area contributed by atoms with Crippen LogP contribution in [0.2, 0.25) is 0 Å². The summed E-state index contributed by atoms with van der Waals surface area (Å²) in [5.74, 6) is 0.706. The van der Waals surface area contributed by atoms with Crippen LogP contribution in [-0.2, 0) is 4.57 Å². The van der Waals surface area contributed by atoms with Gasteiger partial charge in [0.2, 0.25) is 0 Å². The van der Waals surface area contributed by atoms with Gasteiger partial charge in [0, 0.05) is 12.3 Å². The van der Waals surface area contributed by atoms with Crippen LogP contribution in [-0.4, -0.2) is 17.2 Å². The van der Waals surface area contributed by atoms with Gasteiger partial charge in [0.25, 0.3) is 0 Å². The van der Waals surface area contributed by atoms with Crippen LogP contribution in [0.15, 0.2) is 12.7 Å². The van der Waals surface area contributed by atoms with Crippen LogP contribution in [0.25, 0.3) is 0 Å². The first-order valence-electron chi connectivity index (χ1n) is 3.45. The molecule has 5 heteroatoms. The Balaban J connectivity index is 3.61. The Morgan fingerprint density at radius 3 is 2.91 bits per heavy atom. The summed E-state index contributed by atoms with van der Waals surface area (Å²) in [6.45, 7) is 2.66. The molecule has 0 spiro atoms. The normalized spacial score (nSPS) is 15.8. The minimum absolute atomic E-state index is 0.379. The van der Waals surface area contributed by atoms with Crippen molar-refractivity contribution >= 4 is 18.1 Å². The van der Waals surface area contributed by atoms with Crippen molar-refractivity contribution < 1.29 is 9.46 Å². The molecule has 0 heterocycles. The highest BCUT2D eigenvalue weighted by Crippen LogP contribution is 2.50. The van der Waals surface area contributed by atoms with Gasteiger partial charge in [0.05, 0.1) is 0 Å². The largest absolute Gasteiger partial charge is 0.326 e. The van der Waals surface area contributed by atoms with Crippen molar-refractivity contribution in [1.29, 1.82) is 0 Å². The van der Waals surface area contributed by atoms with E-state index in [4.69, 9.17) is 4.89 Å². The summed E-state index contributed by atoms with van der Waals surface area (Å²) < 4.78 is 11.1. The summed E-state index contributed by atoms with van der Waals surface area (Å²) in [4.78, 5) is 9.14. The van der Waals surface area contributed by atoms with Gasteiger partial charge >= 0.3 is 6.72 Å². The van der Waals surface area contributed by atoms with Crippen molar-refractivity contribution in [2.45, 2.75) is 13.3 Å². The molecule has 66 valence electrons. The van der Waals surface area contributed by atoms with Crippen LogP contribution in [0.4, 0.5) is 0 Å². The van der Waals surface area contributed by atoms with E-state index in [0.29, 0.717) is 12.3 Å². The zero-order valence-electron chi connectivity index (χ0n) is 6.62. The quantitative estimate of drug-likeness (QED) is 0.502. The van der Waals surface area contributed by atoms with E-state index in [1.165, 1.54) is 0 Å². The fourth-order valence-corrected chi connectivity index (χ4v) is 3.11. The first-order valence-corrected chi connectivity index (χ1v) is 6.70. The predicted octanol–water partition coefficient (Wildman–Crippen LogP) is 2.01. The molecule has 0 bridgehead atoms. The molecule has 0 aromatic carbocycles. The van der Waals surface area contributed by atoms with Crippen molar-refractivity contribution in [3.05, 3.63) is 12.7 Å². The molecular formula is C6H14NO2PS. The number of rotatable bonds is 6. The first-order chi connectivity index (χ1) is 5.12. The second-order valence-corrected chi connectivity index (χ2v) is 6.29. The molecule has 0 amide bonds. The molecule has 0 aliphatic heterocycles. The molecule has 0 aromatic rings. The Kier molecular flexibility index (Phi) is 5.96. The van der Waals surface area contributed by atoms with Gasteiger partial charge < -0.3 is 4.89 Å². The van der Waals surface area contributed by atoms with E-state index in [1.807, 2.05) is 6.92 Å². The summed E-state index contributed by atoms with van der Waals surface area (Å²) in [5, 5.41) is 2.50. The summed E-state index contributed by atoms with van der Waals surface area (Å²) in [7, 11) is 0. The molecule has 0 saturated heterocycles. The molecule has 11 heavy (non-hydrogen) atoms. The Morgan fingerprint density at radius 2 is 2.45 bits per heavy atom. The highest BCUT2D eigenvalue weighted by atomic mass is 32.7. The fraction of sp³-hybridized carbons (Fsp3) is 0.667. The molecule has 0 aliphatic carbocycles. The van der Waals surface area contributed by atoms with Crippen molar-refractivity contribution in [1.82, 2.24) is 5.09 Å². The van der Waals surface area contributed by atoms with Crippen molar-refractivity contribution in [3.8, 4) is 0 Å². The highest BCUT2D eigenvalue weighted by Gasteiger charge is 2.15. The van der Waals surface area contributed by atoms with E-state index >= 15 is 0 Å². The second kappa shape index (κ2) is 5.84. The first kappa shape index (κ1) is 11.2. The average Bonchev–Trinajstić information content (AvgIpc) is 1.97. The third-order valence-corrected chi connectivity index (χ3v) is 4.41. The zero-order valence-corrected chi connectivity index (χ0v) is 8.33. The Hall–Kier alpha value is 0.240. The van der Waals surface area contributed by atoms with Gasteiger partial charge in [-0.15, -0.1) is 6.58 Å². The predicted molar refractivity (Wildman–Crippen MR) is 50.8 cm³/mol. The topological polar surface area (TPSA) is 49.3 Å². The van der Waals surface area contributed by atoms with E-state index in [0.717, 1.165) is 17.8 Å². The van der Waals surface area contributed by atoms with E-state index in [2.05, 4.69) is 11.7 Å². The lowest BCUT2D eigenvalue weighted by molar-refractivity contribution is 0.486. The molecular weight excluding hydrogens is 181 g/mol. The minimum atomic E-state index is -3.13. The molecule has 0 fully saturated rings. The van der Waals surface area contributed by atoms with Crippen molar-refractivity contribution in [3.63, 3.8) is 0 Å². The molecule has 1 unspecified atom stereocenters. The van der Waals surface area contributed by atoms with Crippen LogP contribution < -0.4 is 5.09 Å². The lowest BCUT2D eigenvalue weighted by Crippen LogP contribution is -2.07. The van der Waals surface area contributed by atoms with E-state index in [1.54, 1.807) is 6.08 Å². The van der Waals surface area contributed by atoms with Crippen LogP contribution in [0, 0.1) is 0 Å². The number of nitrogens with one attached hydrogen (secondary N) is 1. The Bertz CT molecular complexity index is 163. The van der Waals surface area contributed by atoms with Crippen LogP contribution in [0.3, 0.4) is 0 Å². The molecule has 0 saturated carbocycles. The summed E-state index contributed by atoms with van der Waals surface area (Å²) in [5.41, 5.74) is 0. The standard InChI is InChI=1S/C6H14NO2PS/c1-3-5-7-10(8,9)11-6-4-2/h3H,1,4-6H2,2H3,(H2,7,8,9). The fourth-order valence-electron chi connectivity index (χ4n) is 0.441. The molecule has 0 rings (SSSR count). The minimum Gasteiger partial charge on any atom is -0.326 e. The molecule has 3 nitrogen and oxygen atoms in total. The summed E-state index contributed by atoms with van der Waals surface area (Å²) in [6, 6.07) is 0. The molecule has 2 N–H and O–H groups in total. The van der Waals surface area contributed by atoms with Crippen LogP contribution >= 0.6 is 18.1 Å². The van der Waals surface area contributed by atoms with Gasteiger partial charge in [-0.25, -0.2) is 5.09 Å². The molecule has 0 aromatic heterocycles. The molecule has 0 radical (unpaired) electrons. The third kappa shape index (κ3) is 6.63. The Morgan fingerprint density at radius 1 is 1.82 bits per heavy atom. The monoisotopic (exact) mass is 195 g/mol. The van der Waals surface area contributed by atoms with Gasteiger partial charge in [-0.2, -0.15) is 0 Å². The Labute approximate surface area is 71.5 Å². The van der Waals surface area contributed by atoms with Gasteiger partial charge in [0.1, 0.15) is 0 Å². The van der Waals surface area contributed by atoms with Gasteiger partial charge in [-0.1, -0.05) is 24.4 Å². The lowest BCUT2D eigenvalue weighted by atomic mass is 10.6. The maximum absolute atomic E-state index is 11.1. The van der Waals surface area contributed by atoms with Crippen LogP contribution in [0.1, 0.15) is 13.3 Å². The van der Waals surface area contributed by atoms with Crippen molar-refractivity contribution in [2.75, 3.05) is 12.3 Å².